The zero-order valence-corrected chi connectivity index (χ0v) is 11.4. The third kappa shape index (κ3) is 3.54. The Labute approximate surface area is 113 Å². The lowest BCUT2D eigenvalue weighted by Gasteiger charge is -2.12. The Morgan fingerprint density at radius 3 is 2.89 bits per heavy atom. The number of nitrogens with zero attached hydrogens (tertiary/aromatic N) is 3. The molecule has 5 heteroatoms. The minimum atomic E-state index is 0.115. The molecule has 0 saturated heterocycles. The molecule has 102 valence electrons. The quantitative estimate of drug-likeness (QED) is 0.859. The lowest BCUT2D eigenvalue weighted by atomic mass is 10.1. The van der Waals surface area contributed by atoms with Crippen LogP contribution in [0.25, 0.3) is 0 Å². The van der Waals surface area contributed by atoms with Crippen LogP contribution in [0.15, 0.2) is 30.6 Å². The van der Waals surface area contributed by atoms with Crippen LogP contribution in [0.5, 0.6) is 5.75 Å². The zero-order valence-electron chi connectivity index (χ0n) is 11.4. The van der Waals surface area contributed by atoms with E-state index in [4.69, 9.17) is 10.5 Å². The first kappa shape index (κ1) is 13.5. The second-order valence-electron chi connectivity index (χ2n) is 4.57. The highest BCUT2D eigenvalue weighted by Crippen LogP contribution is 2.20. The maximum Gasteiger partial charge on any atom is 0.164 e. The summed E-state index contributed by atoms with van der Waals surface area (Å²) in [6.07, 6.45) is 2.35. The Balaban J connectivity index is 2.07. The topological polar surface area (TPSA) is 66.0 Å². The summed E-state index contributed by atoms with van der Waals surface area (Å²) in [4.78, 5) is 4.19. The fourth-order valence-corrected chi connectivity index (χ4v) is 1.97. The lowest BCUT2D eigenvalue weighted by Crippen LogP contribution is -2.18. The van der Waals surface area contributed by atoms with Gasteiger partial charge in [0.25, 0.3) is 0 Å². The van der Waals surface area contributed by atoms with Crippen molar-refractivity contribution in [3.05, 3.63) is 42.0 Å². The molecule has 5 nitrogen and oxygen atoms in total. The summed E-state index contributed by atoms with van der Waals surface area (Å²) in [5, 5.41) is 4.12. The van der Waals surface area contributed by atoms with Crippen molar-refractivity contribution in [3.63, 3.8) is 0 Å². The molecule has 19 heavy (non-hydrogen) atoms. The average Bonchev–Trinajstić information content (AvgIpc) is 2.84. The summed E-state index contributed by atoms with van der Waals surface area (Å²) >= 11 is 0. The van der Waals surface area contributed by atoms with Crippen molar-refractivity contribution in [2.45, 2.75) is 39.5 Å². The molecule has 0 aliphatic carbocycles. The Morgan fingerprint density at radius 2 is 2.16 bits per heavy atom. The van der Waals surface area contributed by atoms with Crippen LogP contribution in [0, 0.1) is 0 Å². The van der Waals surface area contributed by atoms with Crippen LogP contribution >= 0.6 is 0 Å². The van der Waals surface area contributed by atoms with Crippen molar-refractivity contribution in [2.75, 3.05) is 0 Å². The molecule has 1 aromatic heterocycles. The third-order valence-electron chi connectivity index (χ3n) is 2.87. The van der Waals surface area contributed by atoms with Gasteiger partial charge in [0, 0.05) is 12.6 Å². The number of rotatable bonds is 6. The molecule has 1 unspecified atom stereocenters. The van der Waals surface area contributed by atoms with E-state index < -0.39 is 0 Å². The van der Waals surface area contributed by atoms with Crippen LogP contribution in [0.2, 0.25) is 0 Å². The van der Waals surface area contributed by atoms with E-state index in [1.165, 1.54) is 0 Å². The molecule has 0 spiro atoms. The molecular weight excluding hydrogens is 240 g/mol. The van der Waals surface area contributed by atoms with Gasteiger partial charge in [0.1, 0.15) is 18.7 Å². The Kier molecular flexibility index (Phi) is 4.52. The number of nitrogens with two attached hydrogens (primary N) is 1. The predicted molar refractivity (Wildman–Crippen MR) is 73.8 cm³/mol. The van der Waals surface area contributed by atoms with E-state index in [0.717, 1.165) is 30.1 Å². The fourth-order valence-electron chi connectivity index (χ4n) is 1.97. The normalized spacial score (nSPS) is 12.4. The van der Waals surface area contributed by atoms with Gasteiger partial charge in [-0.3, -0.25) is 0 Å². The van der Waals surface area contributed by atoms with Crippen LogP contribution in [-0.2, 0) is 19.6 Å². The number of hydrogen-bond acceptors (Lipinski definition) is 4. The number of aryl methyl sites for hydroxylation is 1. The van der Waals surface area contributed by atoms with Gasteiger partial charge in [0.2, 0.25) is 0 Å². The first-order valence-corrected chi connectivity index (χ1v) is 6.53. The Bertz CT molecular complexity index is 522. The van der Waals surface area contributed by atoms with Crippen LogP contribution < -0.4 is 10.5 Å². The standard InChI is InChI=1S/C14H20N4O/c1-3-18-14(16-10-17-18)9-19-13-7-5-4-6-12(13)8-11(2)15/h4-7,10-11H,3,8-9,15H2,1-2H3. The highest BCUT2D eigenvalue weighted by molar-refractivity contribution is 5.33. The first-order chi connectivity index (χ1) is 9.20. The molecule has 0 fully saturated rings. The molecule has 1 aromatic carbocycles. The molecule has 0 saturated carbocycles. The minimum absolute atomic E-state index is 0.115. The highest BCUT2D eigenvalue weighted by atomic mass is 16.5. The number of ether oxygens (including phenoxy) is 1. The van der Waals surface area contributed by atoms with Gasteiger partial charge < -0.3 is 10.5 Å². The van der Waals surface area contributed by atoms with E-state index in [-0.39, 0.29) is 6.04 Å². The van der Waals surface area contributed by atoms with Crippen LogP contribution in [0.1, 0.15) is 25.2 Å². The van der Waals surface area contributed by atoms with E-state index >= 15 is 0 Å². The molecule has 0 bridgehead atoms. The monoisotopic (exact) mass is 260 g/mol. The smallest absolute Gasteiger partial charge is 0.164 e. The van der Waals surface area contributed by atoms with Crippen LogP contribution in [0.3, 0.4) is 0 Å². The van der Waals surface area contributed by atoms with Gasteiger partial charge in [-0.1, -0.05) is 18.2 Å². The molecular formula is C14H20N4O. The summed E-state index contributed by atoms with van der Waals surface area (Å²) in [7, 11) is 0. The van der Waals surface area contributed by atoms with Crippen molar-refractivity contribution < 1.29 is 4.74 Å². The molecule has 2 aromatic rings. The molecule has 0 aliphatic heterocycles. The molecule has 0 amide bonds. The molecule has 0 aliphatic rings. The number of para-hydroxylation sites is 1. The highest BCUT2D eigenvalue weighted by Gasteiger charge is 2.08. The lowest BCUT2D eigenvalue weighted by molar-refractivity contribution is 0.284. The summed E-state index contributed by atoms with van der Waals surface area (Å²) in [6, 6.07) is 8.08. The Hall–Kier alpha value is -1.88. The number of aromatic nitrogens is 3. The van der Waals surface area contributed by atoms with E-state index in [2.05, 4.69) is 10.1 Å². The summed E-state index contributed by atoms with van der Waals surface area (Å²) in [6.45, 7) is 5.23. The largest absolute Gasteiger partial charge is 0.485 e. The van der Waals surface area contributed by atoms with Crippen molar-refractivity contribution in [1.82, 2.24) is 14.8 Å². The van der Waals surface area contributed by atoms with E-state index in [1.807, 2.05) is 42.8 Å². The van der Waals surface area contributed by atoms with Gasteiger partial charge in [0.05, 0.1) is 0 Å². The van der Waals surface area contributed by atoms with E-state index in [0.29, 0.717) is 6.61 Å². The summed E-state index contributed by atoms with van der Waals surface area (Å²) in [5.74, 6) is 1.70. The predicted octanol–water partition coefficient (Wildman–Crippen LogP) is 1.77. The number of benzene rings is 1. The van der Waals surface area contributed by atoms with E-state index in [9.17, 15) is 0 Å². The van der Waals surface area contributed by atoms with Crippen molar-refractivity contribution in [2.24, 2.45) is 5.73 Å². The van der Waals surface area contributed by atoms with Gasteiger partial charge in [-0.2, -0.15) is 5.10 Å². The minimum Gasteiger partial charge on any atom is -0.485 e. The van der Waals surface area contributed by atoms with Gasteiger partial charge in [0.15, 0.2) is 5.82 Å². The van der Waals surface area contributed by atoms with Crippen LogP contribution in [-0.4, -0.2) is 20.8 Å². The van der Waals surface area contributed by atoms with Gasteiger partial charge in [-0.05, 0) is 31.9 Å². The van der Waals surface area contributed by atoms with E-state index in [1.54, 1.807) is 6.33 Å². The fraction of sp³-hybridized carbons (Fsp3) is 0.429. The molecule has 2 rings (SSSR count). The second kappa shape index (κ2) is 6.33. The number of hydrogen-bond donors (Lipinski definition) is 1. The summed E-state index contributed by atoms with van der Waals surface area (Å²) in [5.41, 5.74) is 6.97. The average molecular weight is 260 g/mol. The third-order valence-corrected chi connectivity index (χ3v) is 2.87. The first-order valence-electron chi connectivity index (χ1n) is 6.53. The SMILES string of the molecule is CCn1ncnc1COc1ccccc1CC(C)N. The van der Waals surface area contributed by atoms with Crippen molar-refractivity contribution in [3.8, 4) is 5.75 Å². The van der Waals surface area contributed by atoms with Crippen molar-refractivity contribution >= 4 is 0 Å². The summed E-state index contributed by atoms with van der Waals surface area (Å²) < 4.78 is 7.67. The molecule has 1 heterocycles. The maximum absolute atomic E-state index is 5.85. The van der Waals surface area contributed by atoms with Gasteiger partial charge in [-0.15, -0.1) is 0 Å². The second-order valence-corrected chi connectivity index (χ2v) is 4.57. The maximum atomic E-state index is 5.85. The van der Waals surface area contributed by atoms with Crippen molar-refractivity contribution in [1.29, 1.82) is 0 Å². The molecule has 0 radical (unpaired) electrons. The zero-order chi connectivity index (χ0) is 13.7. The van der Waals surface area contributed by atoms with Gasteiger partial charge >= 0.3 is 0 Å². The van der Waals surface area contributed by atoms with Crippen LogP contribution in [0.4, 0.5) is 0 Å². The van der Waals surface area contributed by atoms with Gasteiger partial charge in [-0.25, -0.2) is 9.67 Å². The Morgan fingerprint density at radius 1 is 1.37 bits per heavy atom. The molecule has 2 N–H and O–H groups in total. The molecule has 1 atom stereocenters.